The number of oxime groups is 1. The van der Waals surface area contributed by atoms with E-state index in [2.05, 4.69) is 15.5 Å². The zero-order valence-corrected chi connectivity index (χ0v) is 39.9. The molecule has 2 saturated heterocycles. The minimum atomic E-state index is -1.92. The average molecular weight is 865 g/mol. The van der Waals surface area contributed by atoms with Crippen molar-refractivity contribution in [3.63, 3.8) is 0 Å². The smallest absolute Gasteiger partial charge is 0.546 e. The summed E-state index contributed by atoms with van der Waals surface area (Å²) in [5, 5.41) is 42.3. The normalized spacial score (nSPS) is 19.6. The predicted octanol–water partition coefficient (Wildman–Crippen LogP) is -11.6. The van der Waals surface area contributed by atoms with E-state index in [4.69, 9.17) is 10.6 Å². The maximum atomic E-state index is 15.5. The van der Waals surface area contributed by atoms with Crippen molar-refractivity contribution in [1.29, 1.82) is 0 Å². The number of carbonyl (C=O) groups is 5. The largest absolute Gasteiger partial charge is 1.00 e. The second-order valence-electron chi connectivity index (χ2n) is 13.9. The number of thioether (sulfide) groups is 1. The van der Waals surface area contributed by atoms with Crippen LogP contribution in [-0.4, -0.2) is 110 Å². The van der Waals surface area contributed by atoms with Crippen LogP contribution in [0.3, 0.4) is 0 Å². The number of carbonyl (C=O) groups excluding carboxylic acids is 5. The fraction of sp³-hybridized carbons (Fsp3) is 0.412. The zero-order chi connectivity index (χ0) is 39.5. The molecule has 2 atom stereocenters. The molecule has 1 aromatic carbocycles. The van der Waals surface area contributed by atoms with E-state index in [-0.39, 0.29) is 135 Å². The molecule has 0 spiro atoms. The number of nitrogens with one attached hydrogen (secondary N) is 1. The van der Waals surface area contributed by atoms with Gasteiger partial charge in [0, 0.05) is 61.5 Å². The van der Waals surface area contributed by atoms with Gasteiger partial charge in [-0.25, -0.2) is 9.37 Å². The van der Waals surface area contributed by atoms with Crippen molar-refractivity contribution in [2.24, 2.45) is 5.16 Å². The minimum absolute atomic E-state index is 0. The predicted molar refractivity (Wildman–Crippen MR) is 190 cm³/mol. The fourth-order valence-corrected chi connectivity index (χ4v) is 8.50. The van der Waals surface area contributed by atoms with Crippen LogP contribution in [0.4, 0.5) is 15.2 Å². The number of aromatic carboxylic acids is 1. The van der Waals surface area contributed by atoms with Crippen LogP contribution in [-0.2, 0) is 24.0 Å². The number of thiazole rings is 1. The topological polar surface area (TPSA) is 259 Å². The number of rotatable bonds is 12. The Hall–Kier alpha value is -2.54. The van der Waals surface area contributed by atoms with Crippen LogP contribution < -0.4 is 125 Å². The third-order valence-electron chi connectivity index (χ3n) is 9.75. The standard InChI is InChI=1S/C34H35FN8O10S2.3Na/c1-34(2,32(51)52)53-39-23(20-14-55-33(36)37-20)27(45)38-24-28(46)43-25(31(49)50)15(13-54-29(24)43)11-40-5-7-41(8-6-40)22-10-21-17(9-19(22)35)26(44)18(30(47)48)12-42(21)16-3-4-16;;;/h9-10,12,14,16,24,29H,3-8,11,13H2,1-2H3,(H2,36,37)(H,38,45)(H,47,48)(H,49,50)(H,51,52);;;/q;3*+1/p-3/b39-23-;;;/t24-,29-;;;/m1.../s1. The molecule has 5 heterocycles. The summed E-state index contributed by atoms with van der Waals surface area (Å²) in [6, 6.07) is 1.44. The van der Waals surface area contributed by atoms with Gasteiger partial charge in [0.1, 0.15) is 22.9 Å². The van der Waals surface area contributed by atoms with Gasteiger partial charge in [0.25, 0.3) is 11.8 Å². The van der Waals surface area contributed by atoms with E-state index in [0.717, 1.165) is 49.0 Å². The number of piperazine rings is 1. The summed E-state index contributed by atoms with van der Waals surface area (Å²) in [6.07, 6.45) is 2.84. The molecule has 2 aromatic heterocycles. The maximum Gasteiger partial charge on any atom is 1.00 e. The SMILES string of the molecule is CC(C)(O/N=C(\C(=O)N[C@@H]1C(=O)N2C(C(=O)[O-])=C(CN3CCN(c4cc5c(cc4F)c(=O)c(C(=O)[O-])cn5C4CC4)CC3)CS[C@H]12)c1csc(N)n1)C(=O)[O-].[Na+].[Na+].[Na+]. The van der Waals surface area contributed by atoms with Crippen LogP contribution in [0.15, 0.2) is 44.9 Å². The molecule has 0 unspecified atom stereocenters. The first kappa shape index (κ1) is 48.1. The Morgan fingerprint density at radius 2 is 1.72 bits per heavy atom. The quantitative estimate of drug-likeness (QED) is 0.0742. The molecule has 1 aliphatic carbocycles. The van der Waals surface area contributed by atoms with E-state index in [1.807, 2.05) is 4.90 Å². The molecule has 1 saturated carbocycles. The maximum absolute atomic E-state index is 15.5. The second kappa shape index (κ2) is 19.0. The molecule has 7 rings (SSSR count). The first-order valence-corrected chi connectivity index (χ1v) is 18.9. The third kappa shape index (κ3) is 9.50. The van der Waals surface area contributed by atoms with Gasteiger partial charge in [0.05, 0.1) is 40.4 Å². The van der Waals surface area contributed by atoms with Gasteiger partial charge in [-0.3, -0.25) is 24.2 Å². The molecule has 58 heavy (non-hydrogen) atoms. The van der Waals surface area contributed by atoms with E-state index in [1.165, 1.54) is 23.3 Å². The molecule has 24 heteroatoms. The number of nitrogens with two attached hydrogens (primary N) is 1. The van der Waals surface area contributed by atoms with Crippen molar-refractivity contribution in [2.45, 2.75) is 49.7 Å². The van der Waals surface area contributed by atoms with Crippen molar-refractivity contribution in [2.75, 3.05) is 49.1 Å². The summed E-state index contributed by atoms with van der Waals surface area (Å²) in [4.78, 5) is 88.9. The summed E-state index contributed by atoms with van der Waals surface area (Å²) in [5.74, 6) is -6.97. The van der Waals surface area contributed by atoms with Crippen LogP contribution in [0.2, 0.25) is 0 Å². The number of halogens is 1. The van der Waals surface area contributed by atoms with E-state index >= 15 is 4.39 Å². The number of aromatic nitrogens is 2. The molecule has 290 valence electrons. The van der Waals surface area contributed by atoms with Gasteiger partial charge in [-0.2, -0.15) is 0 Å². The molecule has 3 aliphatic heterocycles. The van der Waals surface area contributed by atoms with Crippen molar-refractivity contribution < 1.29 is 137 Å². The molecular formula is C34H32FN8Na3O10S2. The van der Waals surface area contributed by atoms with Gasteiger partial charge >= 0.3 is 88.7 Å². The van der Waals surface area contributed by atoms with Crippen molar-refractivity contribution >= 4 is 80.3 Å². The monoisotopic (exact) mass is 864 g/mol. The second-order valence-corrected chi connectivity index (χ2v) is 15.9. The summed E-state index contributed by atoms with van der Waals surface area (Å²) >= 11 is 2.21. The number of benzene rings is 1. The van der Waals surface area contributed by atoms with Crippen LogP contribution in [0, 0.1) is 5.82 Å². The van der Waals surface area contributed by atoms with Crippen molar-refractivity contribution in [3.8, 4) is 0 Å². The Kier molecular flexibility index (Phi) is 15.8. The summed E-state index contributed by atoms with van der Waals surface area (Å²) in [6.45, 7) is 3.94. The summed E-state index contributed by atoms with van der Waals surface area (Å²) in [7, 11) is 0. The van der Waals surface area contributed by atoms with E-state index in [0.29, 0.717) is 37.3 Å². The number of fused-ring (bicyclic) bond motifs is 2. The number of β-lactam (4-membered cyclic amide) rings is 1. The Bertz CT molecular complexity index is 2290. The van der Waals surface area contributed by atoms with Gasteiger partial charge in [-0.1, -0.05) is 5.16 Å². The number of nitrogen functional groups attached to an aromatic ring is 1. The van der Waals surface area contributed by atoms with Crippen molar-refractivity contribution in [1.82, 2.24) is 24.7 Å². The van der Waals surface area contributed by atoms with Crippen LogP contribution in [0.5, 0.6) is 0 Å². The third-order valence-corrected chi connectivity index (χ3v) is 11.8. The van der Waals surface area contributed by atoms with Crippen LogP contribution in [0.25, 0.3) is 10.9 Å². The first-order chi connectivity index (χ1) is 26.0. The molecule has 0 bridgehead atoms. The summed E-state index contributed by atoms with van der Waals surface area (Å²) < 4.78 is 17.2. The number of aliphatic carboxylic acids is 2. The number of hydrogen-bond donors (Lipinski definition) is 2. The zero-order valence-electron chi connectivity index (χ0n) is 32.2. The average Bonchev–Trinajstić information content (AvgIpc) is 3.90. The number of nitrogens with zero attached hydrogens (tertiary/aromatic N) is 6. The number of pyridine rings is 1. The molecule has 4 aliphatic rings. The van der Waals surface area contributed by atoms with Gasteiger partial charge < -0.3 is 55.1 Å². The Morgan fingerprint density at radius 1 is 1.05 bits per heavy atom. The summed E-state index contributed by atoms with van der Waals surface area (Å²) in [5.41, 5.74) is 2.71. The minimum Gasteiger partial charge on any atom is -0.546 e. The van der Waals surface area contributed by atoms with E-state index in [1.54, 1.807) is 15.5 Å². The van der Waals surface area contributed by atoms with Gasteiger partial charge in [0.15, 0.2) is 21.9 Å². The molecule has 3 fully saturated rings. The van der Waals surface area contributed by atoms with Crippen LogP contribution in [0.1, 0.15) is 48.8 Å². The van der Waals surface area contributed by atoms with Crippen LogP contribution >= 0.6 is 23.1 Å². The number of amides is 2. The number of carboxylic acids is 3. The molecule has 3 N–H and O–H groups in total. The number of anilines is 2. The van der Waals surface area contributed by atoms with Crippen molar-refractivity contribution in [3.05, 3.63) is 62.3 Å². The molecule has 3 aromatic rings. The molecular weight excluding hydrogens is 833 g/mol. The Labute approximate surface area is 404 Å². The number of hydrogen-bond acceptors (Lipinski definition) is 17. The number of carboxylic acid groups (broad SMARTS) is 3. The van der Waals surface area contributed by atoms with Gasteiger partial charge in [0.2, 0.25) is 0 Å². The Morgan fingerprint density at radius 3 is 2.29 bits per heavy atom. The first-order valence-electron chi connectivity index (χ1n) is 17.0. The molecule has 0 radical (unpaired) electrons. The van der Waals surface area contributed by atoms with Gasteiger partial charge in [-0.15, -0.1) is 23.1 Å². The fourth-order valence-electron chi connectivity index (χ4n) is 6.62. The molecule has 18 nitrogen and oxygen atoms in total. The Balaban J connectivity index is 0.00000248. The van der Waals surface area contributed by atoms with E-state index in [9.17, 15) is 44.1 Å². The molecule has 2 amide bonds. The van der Waals surface area contributed by atoms with E-state index < -0.39 is 69.3 Å². The van der Waals surface area contributed by atoms with Gasteiger partial charge in [-0.05, 0) is 44.4 Å².